The average molecular weight is 548 g/mol. The van der Waals surface area contributed by atoms with Crippen LogP contribution in [0.15, 0.2) is 0 Å². The first-order valence-corrected chi connectivity index (χ1v) is 12.2. The molecule has 4 saturated heterocycles. The van der Waals surface area contributed by atoms with E-state index in [1.165, 1.54) is 0 Å². The summed E-state index contributed by atoms with van der Waals surface area (Å²) >= 11 is 0. The Morgan fingerprint density at radius 2 is 1.38 bits per heavy atom. The molecule has 0 saturated carbocycles. The molecule has 0 amide bonds. The lowest BCUT2D eigenvalue weighted by Gasteiger charge is -2.43. The van der Waals surface area contributed by atoms with Gasteiger partial charge in [0.05, 0.1) is 39.1 Å². The van der Waals surface area contributed by atoms with Gasteiger partial charge in [0.25, 0.3) is 0 Å². The number of hydrogen-bond acceptors (Lipinski definition) is 16. The summed E-state index contributed by atoms with van der Waals surface area (Å²) < 4.78 is 24.7. The van der Waals surface area contributed by atoms with Gasteiger partial charge in [-0.25, -0.2) is 0 Å². The summed E-state index contributed by atoms with van der Waals surface area (Å²) in [4.78, 5) is 0. The first kappa shape index (κ1) is 34.4. The van der Waals surface area contributed by atoms with Crippen LogP contribution in [0.2, 0.25) is 0 Å². The Morgan fingerprint density at radius 1 is 0.865 bits per heavy atom. The van der Waals surface area contributed by atoms with Crippen LogP contribution in [0.25, 0.3) is 0 Å². The molecule has 4 aliphatic rings. The van der Waals surface area contributed by atoms with Crippen molar-refractivity contribution in [3.63, 3.8) is 0 Å². The zero-order valence-corrected chi connectivity index (χ0v) is 21.0. The number of aliphatic hydroxyl groups excluding tert-OH is 8. The van der Waals surface area contributed by atoms with Crippen molar-refractivity contribution in [1.29, 1.82) is 0 Å². The maximum atomic E-state index is 10.00. The van der Waals surface area contributed by atoms with Crippen LogP contribution in [-0.4, -0.2) is 168 Å². The Kier molecular flexibility index (Phi) is 16.6. The molecule has 10 atom stereocenters. The summed E-state index contributed by atoms with van der Waals surface area (Å²) in [6.45, 7) is 5.85. The number of hydrogen-bond donors (Lipinski definition) is 11. The Hall–Kier alpha value is -0.640. The lowest BCUT2D eigenvalue weighted by atomic mass is 9.99. The lowest BCUT2D eigenvalue weighted by Crippen LogP contribution is -2.62. The van der Waals surface area contributed by atoms with Crippen LogP contribution in [0.3, 0.4) is 0 Å². The average Bonchev–Trinajstić information content (AvgIpc) is 3.83. The number of aliphatic hydroxyl groups is 8. The number of rotatable bonds is 9. The molecular weight excluding hydrogens is 502 g/mol. The Labute approximate surface area is 215 Å². The number of nitrogens with two attached hydrogens (primary N) is 2. The van der Waals surface area contributed by atoms with Gasteiger partial charge in [-0.1, -0.05) is 0 Å². The van der Waals surface area contributed by atoms with E-state index in [0.29, 0.717) is 19.2 Å². The minimum atomic E-state index is -2.22. The van der Waals surface area contributed by atoms with E-state index in [1.807, 2.05) is 0 Å². The molecule has 4 heterocycles. The van der Waals surface area contributed by atoms with Crippen LogP contribution < -0.4 is 16.8 Å². The molecule has 0 aromatic rings. The van der Waals surface area contributed by atoms with E-state index in [1.54, 1.807) is 0 Å². The quantitative estimate of drug-likeness (QED) is 0.0945. The van der Waals surface area contributed by atoms with E-state index in [2.05, 4.69) is 17.0 Å². The first-order valence-electron chi connectivity index (χ1n) is 12.2. The highest BCUT2D eigenvalue weighted by molar-refractivity contribution is 4.98. The Bertz CT molecular complexity index is 583. The van der Waals surface area contributed by atoms with E-state index < -0.39 is 74.6 Å². The summed E-state index contributed by atoms with van der Waals surface area (Å²) in [6, 6.07) is 0. The molecule has 4 aliphatic heterocycles. The van der Waals surface area contributed by atoms with Crippen molar-refractivity contribution >= 4 is 0 Å². The third-order valence-electron chi connectivity index (χ3n) is 5.42. The first-order chi connectivity index (χ1) is 17.6. The number of epoxide rings is 2. The van der Waals surface area contributed by atoms with Gasteiger partial charge in [0, 0.05) is 26.2 Å². The fourth-order valence-electron chi connectivity index (χ4n) is 3.06. The third kappa shape index (κ3) is 11.6. The fraction of sp³-hybridized carbons (Fsp3) is 1.00. The van der Waals surface area contributed by atoms with Crippen molar-refractivity contribution in [3.8, 4) is 0 Å². The Morgan fingerprint density at radius 3 is 1.73 bits per heavy atom. The molecule has 0 radical (unpaired) electrons. The van der Waals surface area contributed by atoms with Crippen molar-refractivity contribution in [2.24, 2.45) is 11.5 Å². The zero-order valence-electron chi connectivity index (χ0n) is 21.0. The minimum Gasteiger partial charge on any atom is -0.394 e. The monoisotopic (exact) mass is 547 g/mol. The van der Waals surface area contributed by atoms with Crippen LogP contribution in [0, 0.1) is 0 Å². The minimum absolute atomic E-state index is 0.583. The molecule has 13 N–H and O–H groups in total. The molecule has 0 aromatic heterocycles. The fourth-order valence-corrected chi connectivity index (χ4v) is 3.06. The van der Waals surface area contributed by atoms with Crippen molar-refractivity contribution in [2.45, 2.75) is 67.8 Å². The van der Waals surface area contributed by atoms with Crippen LogP contribution >= 0.6 is 0 Å². The molecule has 16 nitrogen and oxygen atoms in total. The maximum absolute atomic E-state index is 10.00. The molecule has 222 valence electrons. The zero-order chi connectivity index (χ0) is 28.0. The number of nitrogens with one attached hydrogen (secondary N) is 1. The third-order valence-corrected chi connectivity index (χ3v) is 5.42. The van der Waals surface area contributed by atoms with Crippen LogP contribution in [0.1, 0.15) is 6.92 Å². The second-order valence-electron chi connectivity index (χ2n) is 8.64. The molecule has 1 unspecified atom stereocenters. The summed E-state index contributed by atoms with van der Waals surface area (Å²) in [7, 11) is 0. The molecule has 0 bridgehead atoms. The molecule has 0 aliphatic carbocycles. The normalized spacial score (nSPS) is 39.8. The second kappa shape index (κ2) is 17.9. The van der Waals surface area contributed by atoms with Gasteiger partial charge in [-0.3, -0.25) is 0 Å². The summed E-state index contributed by atoms with van der Waals surface area (Å²) in [5.74, 6) is -2.22. The molecule has 0 spiro atoms. The number of ether oxygens (including phenoxy) is 5. The maximum Gasteiger partial charge on any atom is 0.224 e. The molecular formula is C21H45N3O13. The molecule has 37 heavy (non-hydrogen) atoms. The Balaban J connectivity index is 0.000000393. The van der Waals surface area contributed by atoms with Crippen LogP contribution in [0.4, 0.5) is 0 Å². The van der Waals surface area contributed by atoms with Crippen molar-refractivity contribution in [2.75, 3.05) is 65.8 Å². The van der Waals surface area contributed by atoms with E-state index in [0.717, 1.165) is 32.9 Å². The van der Waals surface area contributed by atoms with Crippen molar-refractivity contribution in [1.82, 2.24) is 5.32 Å². The van der Waals surface area contributed by atoms with E-state index in [4.69, 9.17) is 40.6 Å². The summed E-state index contributed by atoms with van der Waals surface area (Å²) in [5.41, 5.74) is 10.3. The predicted molar refractivity (Wildman–Crippen MR) is 126 cm³/mol. The summed E-state index contributed by atoms with van der Waals surface area (Å²) in [5, 5.41) is 79.7. The van der Waals surface area contributed by atoms with Crippen LogP contribution in [-0.2, 0) is 23.7 Å². The standard InChI is InChI=1S/C12H22O11.C4H13N3.C3H6O.C2H4O/c13-1-4-6(16)8(18)9(19)11(21-4)23-12(3-15)10(20)7(17)5(2-14)22-12;5-1-3-7-4-2-6;1-3-2-4-3;1-2-3-1/h4-11,13-20H,1-3H2;7H,1-6H2;3H,2H2,1H3;1-2H2/t4-,5-,6-,7-,8+,9-,10+,11-,12-;;;/m1.../s1. The van der Waals surface area contributed by atoms with Gasteiger partial charge in [-0.15, -0.1) is 0 Å². The van der Waals surface area contributed by atoms with Crippen molar-refractivity contribution < 1.29 is 64.5 Å². The van der Waals surface area contributed by atoms with Crippen molar-refractivity contribution in [3.05, 3.63) is 0 Å². The smallest absolute Gasteiger partial charge is 0.224 e. The van der Waals surface area contributed by atoms with Gasteiger partial charge in [-0.2, -0.15) is 0 Å². The highest BCUT2D eigenvalue weighted by atomic mass is 16.8. The van der Waals surface area contributed by atoms with Gasteiger partial charge in [0.2, 0.25) is 5.79 Å². The molecule has 0 aromatic carbocycles. The SMILES string of the molecule is C1CO1.CC1CO1.NCCNCCN.OC[C@H]1O[C@](CO)(O[C@H]2O[C@H](CO)[C@@H](O)[C@H](O)[C@H]2O)[C@@H](O)[C@@H]1O. The molecule has 4 rings (SSSR count). The largest absolute Gasteiger partial charge is 0.394 e. The van der Waals surface area contributed by atoms with E-state index >= 15 is 0 Å². The highest BCUT2D eigenvalue weighted by Crippen LogP contribution is 2.35. The van der Waals surface area contributed by atoms with Gasteiger partial charge >= 0.3 is 0 Å². The van der Waals surface area contributed by atoms with Gasteiger partial charge < -0.3 is 81.3 Å². The topological polar surface area (TPSA) is 279 Å². The predicted octanol–water partition coefficient (Wildman–Crippen LogP) is -6.48. The molecule has 4 fully saturated rings. The van der Waals surface area contributed by atoms with E-state index in [-0.39, 0.29) is 0 Å². The van der Waals surface area contributed by atoms with Gasteiger partial charge in [0.15, 0.2) is 6.29 Å². The van der Waals surface area contributed by atoms with E-state index in [9.17, 15) is 30.6 Å². The lowest BCUT2D eigenvalue weighted by molar-refractivity contribution is -0.383. The van der Waals surface area contributed by atoms with Crippen LogP contribution in [0.5, 0.6) is 0 Å². The highest BCUT2D eigenvalue weighted by Gasteiger charge is 2.58. The van der Waals surface area contributed by atoms with Gasteiger partial charge in [-0.05, 0) is 6.92 Å². The second-order valence-corrected chi connectivity index (χ2v) is 8.64. The summed E-state index contributed by atoms with van der Waals surface area (Å²) in [6.07, 6.45) is -12.1. The molecule has 16 heteroatoms. The van der Waals surface area contributed by atoms with Gasteiger partial charge in [0.1, 0.15) is 49.3 Å².